The largest absolute Gasteiger partial charge is 0.507 e. The van der Waals surface area contributed by atoms with Crippen LogP contribution in [0.25, 0.3) is 16.7 Å². The molecule has 1 saturated heterocycles. The lowest BCUT2D eigenvalue weighted by Crippen LogP contribution is -2.29. The molecule has 1 aliphatic heterocycles. The lowest BCUT2D eigenvalue weighted by Gasteiger charge is -2.23. The van der Waals surface area contributed by atoms with Crippen LogP contribution in [-0.2, 0) is 16.1 Å². The zero-order valence-electron chi connectivity index (χ0n) is 16.2. The smallest absolute Gasteiger partial charge is 0.296 e. The van der Waals surface area contributed by atoms with Gasteiger partial charge in [0.15, 0.2) is 0 Å². The van der Waals surface area contributed by atoms with E-state index < -0.39 is 23.5 Å². The maximum Gasteiger partial charge on any atom is 0.296 e. The topological polar surface area (TPSA) is 86.5 Å². The third kappa shape index (κ3) is 3.11. The van der Waals surface area contributed by atoms with E-state index >= 15 is 0 Å². The van der Waals surface area contributed by atoms with Gasteiger partial charge in [-0.05, 0) is 35.9 Å². The first-order valence-electron chi connectivity index (χ1n) is 9.67. The molecule has 3 heterocycles. The van der Waals surface area contributed by atoms with E-state index in [4.69, 9.17) is 4.42 Å². The first-order valence-corrected chi connectivity index (χ1v) is 9.67. The highest BCUT2D eigenvalue weighted by molar-refractivity contribution is 6.46. The number of carbonyl (C=O) groups is 2. The Morgan fingerprint density at radius 2 is 1.84 bits per heavy atom. The van der Waals surface area contributed by atoms with Crippen LogP contribution in [0, 0.1) is 5.82 Å². The van der Waals surface area contributed by atoms with E-state index in [1.54, 1.807) is 30.5 Å². The van der Waals surface area contributed by atoms with Crippen molar-refractivity contribution in [2.45, 2.75) is 12.6 Å². The zero-order valence-corrected chi connectivity index (χ0v) is 16.2. The quantitative estimate of drug-likeness (QED) is 0.291. The molecule has 2 N–H and O–H groups in total. The van der Waals surface area contributed by atoms with E-state index in [0.717, 1.165) is 10.9 Å². The summed E-state index contributed by atoms with van der Waals surface area (Å²) < 4.78 is 18.8. The van der Waals surface area contributed by atoms with Crippen molar-refractivity contribution in [1.29, 1.82) is 0 Å². The highest BCUT2D eigenvalue weighted by Crippen LogP contribution is 2.41. The number of hydrogen-bond donors (Lipinski definition) is 2. The number of ketones is 1. The van der Waals surface area contributed by atoms with Crippen molar-refractivity contribution >= 4 is 28.4 Å². The molecule has 154 valence electrons. The van der Waals surface area contributed by atoms with Gasteiger partial charge in [-0.15, -0.1) is 0 Å². The average Bonchev–Trinajstić information content (AvgIpc) is 3.50. The van der Waals surface area contributed by atoms with Crippen molar-refractivity contribution in [2.75, 3.05) is 0 Å². The molecule has 31 heavy (non-hydrogen) atoms. The number of aliphatic hydroxyl groups is 1. The Kier molecular flexibility index (Phi) is 4.43. The van der Waals surface area contributed by atoms with E-state index in [1.807, 2.05) is 24.3 Å². The monoisotopic (exact) mass is 416 g/mol. The molecule has 2 aromatic heterocycles. The first-order chi connectivity index (χ1) is 15.0. The third-order valence-corrected chi connectivity index (χ3v) is 5.46. The van der Waals surface area contributed by atoms with Crippen LogP contribution in [0.5, 0.6) is 0 Å². The van der Waals surface area contributed by atoms with Crippen LogP contribution in [0.2, 0.25) is 0 Å². The molecule has 0 aliphatic carbocycles. The Morgan fingerprint density at radius 1 is 1.06 bits per heavy atom. The van der Waals surface area contributed by atoms with Gasteiger partial charge in [-0.25, -0.2) is 4.39 Å². The van der Waals surface area contributed by atoms with Crippen LogP contribution in [0.1, 0.15) is 22.9 Å². The van der Waals surface area contributed by atoms with Gasteiger partial charge in [-0.2, -0.15) is 0 Å². The van der Waals surface area contributed by atoms with Gasteiger partial charge >= 0.3 is 0 Å². The van der Waals surface area contributed by atoms with E-state index in [-0.39, 0.29) is 17.9 Å². The van der Waals surface area contributed by atoms with Gasteiger partial charge in [0.25, 0.3) is 11.7 Å². The van der Waals surface area contributed by atoms with Crippen molar-refractivity contribution in [3.63, 3.8) is 0 Å². The van der Waals surface area contributed by atoms with Gasteiger partial charge in [0.05, 0.1) is 11.8 Å². The molecule has 6 nitrogen and oxygen atoms in total. The second kappa shape index (κ2) is 7.28. The van der Waals surface area contributed by atoms with E-state index in [1.165, 1.54) is 23.3 Å². The number of halogens is 1. The molecule has 1 aliphatic rings. The maximum absolute atomic E-state index is 13.3. The number of para-hydroxylation sites is 1. The Morgan fingerprint density at radius 3 is 2.58 bits per heavy atom. The predicted molar refractivity (Wildman–Crippen MR) is 111 cm³/mol. The van der Waals surface area contributed by atoms with Gasteiger partial charge in [0.2, 0.25) is 0 Å². The number of hydrogen-bond acceptors (Lipinski definition) is 4. The molecule has 0 radical (unpaired) electrons. The van der Waals surface area contributed by atoms with Gasteiger partial charge in [-0.3, -0.25) is 9.59 Å². The Labute approximate surface area is 176 Å². The minimum atomic E-state index is -0.909. The molecule has 5 rings (SSSR count). The summed E-state index contributed by atoms with van der Waals surface area (Å²) in [4.78, 5) is 30.3. The van der Waals surface area contributed by atoms with Crippen LogP contribution in [0.4, 0.5) is 4.39 Å². The standard InChI is InChI=1S/C24H17FN2O4/c25-15-9-7-14(8-10-15)13-27-21(19-6-3-11-31-19)20(23(29)24(27)30)22(28)17-12-26-18-5-2-1-4-16(17)18/h1-12,21,26,28H,13H2/b22-20-. The number of H-pyrrole nitrogens is 1. The van der Waals surface area contributed by atoms with Crippen molar-refractivity contribution in [3.05, 3.63) is 101 Å². The number of rotatable bonds is 4. The molecule has 1 fully saturated rings. The lowest BCUT2D eigenvalue weighted by atomic mass is 9.99. The highest BCUT2D eigenvalue weighted by Gasteiger charge is 2.47. The van der Waals surface area contributed by atoms with Gasteiger partial charge in [0.1, 0.15) is 23.4 Å². The van der Waals surface area contributed by atoms with Crippen molar-refractivity contribution < 1.29 is 23.5 Å². The molecule has 1 atom stereocenters. The van der Waals surface area contributed by atoms with Crippen molar-refractivity contribution in [1.82, 2.24) is 9.88 Å². The zero-order chi connectivity index (χ0) is 21.5. The molecule has 1 unspecified atom stereocenters. The summed E-state index contributed by atoms with van der Waals surface area (Å²) in [5, 5.41) is 11.9. The minimum absolute atomic E-state index is 0.0492. The SMILES string of the molecule is O=C1C(=O)N(Cc2ccc(F)cc2)C(c2ccco2)/C1=C(/O)c1c[nH]c2ccccc12. The predicted octanol–water partition coefficient (Wildman–Crippen LogP) is 4.52. The lowest BCUT2D eigenvalue weighted by molar-refractivity contribution is -0.140. The van der Waals surface area contributed by atoms with Gasteiger partial charge in [-0.1, -0.05) is 30.3 Å². The van der Waals surface area contributed by atoms with Crippen LogP contribution in [0.15, 0.2) is 83.1 Å². The summed E-state index contributed by atoms with van der Waals surface area (Å²) in [5.74, 6) is -1.88. The van der Waals surface area contributed by atoms with E-state index in [9.17, 15) is 19.1 Å². The number of amides is 1. The third-order valence-electron chi connectivity index (χ3n) is 5.46. The first kappa shape index (κ1) is 18.9. The van der Waals surface area contributed by atoms with Crippen LogP contribution in [-0.4, -0.2) is 26.7 Å². The summed E-state index contributed by atoms with van der Waals surface area (Å²) in [6.45, 7) is 0.0564. The van der Waals surface area contributed by atoms with Crippen molar-refractivity contribution in [2.24, 2.45) is 0 Å². The average molecular weight is 416 g/mol. The summed E-state index contributed by atoms with van der Waals surface area (Å²) in [6.07, 6.45) is 3.05. The number of nitrogens with zero attached hydrogens (tertiary/aromatic N) is 1. The molecular weight excluding hydrogens is 399 g/mol. The number of fused-ring (bicyclic) bond motifs is 1. The molecule has 0 bridgehead atoms. The number of nitrogens with one attached hydrogen (secondary N) is 1. The van der Waals surface area contributed by atoms with Crippen LogP contribution in [0.3, 0.4) is 0 Å². The number of likely N-dealkylation sites (tertiary alicyclic amines) is 1. The van der Waals surface area contributed by atoms with Gasteiger partial charge < -0.3 is 19.4 Å². The van der Waals surface area contributed by atoms with E-state index in [0.29, 0.717) is 16.9 Å². The summed E-state index contributed by atoms with van der Waals surface area (Å²) in [6, 6.07) is 15.4. The molecular formula is C24H17FN2O4. The number of aromatic amines is 1. The normalized spacial score (nSPS) is 18.2. The second-order valence-corrected chi connectivity index (χ2v) is 7.32. The number of carbonyl (C=O) groups excluding carboxylic acids is 2. The Hall–Kier alpha value is -4.13. The number of furan rings is 1. The summed E-state index contributed by atoms with van der Waals surface area (Å²) >= 11 is 0. The van der Waals surface area contributed by atoms with Crippen molar-refractivity contribution in [3.8, 4) is 0 Å². The summed E-state index contributed by atoms with van der Waals surface area (Å²) in [7, 11) is 0. The number of Topliss-reactive ketones (excluding diaryl/α,β-unsaturated/α-hetero) is 1. The maximum atomic E-state index is 13.3. The van der Waals surface area contributed by atoms with Crippen LogP contribution >= 0.6 is 0 Å². The van der Waals surface area contributed by atoms with E-state index in [2.05, 4.69) is 4.98 Å². The molecule has 1 amide bonds. The fourth-order valence-electron chi connectivity index (χ4n) is 3.98. The molecule has 0 spiro atoms. The molecule has 2 aromatic carbocycles. The molecule has 0 saturated carbocycles. The molecule has 7 heteroatoms. The van der Waals surface area contributed by atoms with Crippen LogP contribution < -0.4 is 0 Å². The second-order valence-electron chi connectivity index (χ2n) is 7.32. The van der Waals surface area contributed by atoms with Gasteiger partial charge in [0, 0.05) is 29.2 Å². The fourth-order valence-corrected chi connectivity index (χ4v) is 3.98. The Balaban J connectivity index is 1.65. The summed E-state index contributed by atoms with van der Waals surface area (Å²) in [5.41, 5.74) is 1.81. The number of aliphatic hydroxyl groups excluding tert-OH is 1. The minimum Gasteiger partial charge on any atom is -0.507 e. The highest BCUT2D eigenvalue weighted by atomic mass is 19.1. The fraction of sp³-hybridized carbons (Fsp3) is 0.0833. The number of aromatic nitrogens is 1. The molecule has 4 aromatic rings. The Bertz CT molecular complexity index is 1320. The number of benzene rings is 2.